The largest absolute Gasteiger partial charge is 0.296 e. The summed E-state index contributed by atoms with van der Waals surface area (Å²) in [4.78, 5) is 6.48. The van der Waals surface area contributed by atoms with Gasteiger partial charge in [-0.05, 0) is 35.1 Å². The molecule has 0 aliphatic heterocycles. The summed E-state index contributed by atoms with van der Waals surface area (Å²) in [5.74, 6) is 0. The van der Waals surface area contributed by atoms with E-state index in [1.807, 2.05) is 32.6 Å². The quantitative estimate of drug-likeness (QED) is 0.809. The van der Waals surface area contributed by atoms with Gasteiger partial charge in [0.1, 0.15) is 5.15 Å². The molecule has 0 aliphatic carbocycles. The van der Waals surface area contributed by atoms with E-state index in [1.165, 1.54) is 5.56 Å². The van der Waals surface area contributed by atoms with Crippen molar-refractivity contribution in [3.63, 3.8) is 0 Å². The van der Waals surface area contributed by atoms with Gasteiger partial charge in [0.05, 0.1) is 11.9 Å². The molecule has 0 spiro atoms. The summed E-state index contributed by atoms with van der Waals surface area (Å²) < 4.78 is 2.78. The Labute approximate surface area is 120 Å². The van der Waals surface area contributed by atoms with Crippen LogP contribution in [0, 0.1) is 0 Å². The lowest BCUT2D eigenvalue weighted by atomic mass is 10.3. The van der Waals surface area contributed by atoms with Crippen LogP contribution in [0.4, 0.5) is 0 Å². The lowest BCUT2D eigenvalue weighted by molar-refractivity contribution is 0.314. The van der Waals surface area contributed by atoms with E-state index < -0.39 is 0 Å². The summed E-state index contributed by atoms with van der Waals surface area (Å²) in [6.45, 7) is 1.56. The van der Waals surface area contributed by atoms with Gasteiger partial charge in [0.2, 0.25) is 0 Å². The molecule has 0 saturated carbocycles. The third-order valence-electron chi connectivity index (χ3n) is 2.52. The average Bonchev–Trinajstić information content (AvgIpc) is 2.69. The number of aryl methyl sites for hydroxylation is 1. The lowest BCUT2D eigenvalue weighted by Gasteiger charge is -2.16. The normalized spacial score (nSPS) is 11.2. The van der Waals surface area contributed by atoms with Gasteiger partial charge in [-0.3, -0.25) is 9.58 Å². The molecular weight excluding hydrogens is 316 g/mol. The van der Waals surface area contributed by atoms with Crippen LogP contribution in [0.3, 0.4) is 0 Å². The van der Waals surface area contributed by atoms with Crippen LogP contribution in [0.2, 0.25) is 5.15 Å². The van der Waals surface area contributed by atoms with Crippen molar-refractivity contribution in [2.24, 2.45) is 7.05 Å². The van der Waals surface area contributed by atoms with E-state index in [0.29, 0.717) is 5.15 Å². The summed E-state index contributed by atoms with van der Waals surface area (Å²) in [5.41, 5.74) is 2.12. The fraction of sp³-hybridized carbons (Fsp3) is 0.333. The Morgan fingerprint density at radius 3 is 2.83 bits per heavy atom. The molecule has 2 aromatic heterocycles. The number of halogens is 2. The first-order valence-electron chi connectivity index (χ1n) is 5.51. The Morgan fingerprint density at radius 1 is 1.39 bits per heavy atom. The van der Waals surface area contributed by atoms with Gasteiger partial charge >= 0.3 is 0 Å². The molecule has 18 heavy (non-hydrogen) atoms. The first-order chi connectivity index (χ1) is 8.54. The van der Waals surface area contributed by atoms with Gasteiger partial charge < -0.3 is 0 Å². The molecule has 0 unspecified atom stereocenters. The van der Waals surface area contributed by atoms with Crippen molar-refractivity contribution in [1.29, 1.82) is 0 Å². The number of hydrogen-bond acceptors (Lipinski definition) is 3. The fourth-order valence-corrected chi connectivity index (χ4v) is 2.26. The Hall–Kier alpha value is -0.910. The van der Waals surface area contributed by atoms with Crippen LogP contribution in [0.15, 0.2) is 29.0 Å². The highest BCUT2D eigenvalue weighted by molar-refractivity contribution is 9.10. The van der Waals surface area contributed by atoms with Crippen molar-refractivity contribution in [3.8, 4) is 0 Å². The van der Waals surface area contributed by atoms with Gasteiger partial charge in [-0.25, -0.2) is 4.98 Å². The minimum absolute atomic E-state index is 0.517. The Kier molecular flexibility index (Phi) is 4.37. The zero-order valence-electron chi connectivity index (χ0n) is 10.3. The lowest BCUT2D eigenvalue weighted by Crippen LogP contribution is -2.18. The highest BCUT2D eigenvalue weighted by Crippen LogP contribution is 2.19. The summed E-state index contributed by atoms with van der Waals surface area (Å²) in [6.07, 6.45) is 3.88. The minimum atomic E-state index is 0.517. The molecule has 2 heterocycles. The SMILES string of the molecule is CN(Cc1cnn(C)c1)Cc1nc(Cl)ccc1Br. The fourth-order valence-electron chi connectivity index (χ4n) is 1.75. The van der Waals surface area contributed by atoms with E-state index in [4.69, 9.17) is 11.6 Å². The number of pyridine rings is 1. The van der Waals surface area contributed by atoms with Gasteiger partial charge in [0, 0.05) is 36.4 Å². The van der Waals surface area contributed by atoms with E-state index >= 15 is 0 Å². The van der Waals surface area contributed by atoms with E-state index in [9.17, 15) is 0 Å². The predicted molar refractivity (Wildman–Crippen MR) is 75.3 cm³/mol. The monoisotopic (exact) mass is 328 g/mol. The first kappa shape index (κ1) is 13.5. The molecular formula is C12H14BrClN4. The molecule has 0 atom stereocenters. The number of aromatic nitrogens is 3. The second-order valence-corrected chi connectivity index (χ2v) is 5.50. The van der Waals surface area contributed by atoms with E-state index in [2.05, 4.69) is 30.9 Å². The molecule has 4 nitrogen and oxygen atoms in total. The smallest absolute Gasteiger partial charge is 0.129 e. The van der Waals surface area contributed by atoms with Gasteiger partial charge in [0.25, 0.3) is 0 Å². The molecule has 0 aliphatic rings. The third kappa shape index (κ3) is 3.54. The van der Waals surface area contributed by atoms with Crippen molar-refractivity contribution >= 4 is 27.5 Å². The van der Waals surface area contributed by atoms with E-state index in [1.54, 1.807) is 10.7 Å². The van der Waals surface area contributed by atoms with Crippen LogP contribution < -0.4 is 0 Å². The number of rotatable bonds is 4. The molecule has 0 bridgehead atoms. The molecule has 96 valence electrons. The summed E-state index contributed by atoms with van der Waals surface area (Å²) >= 11 is 9.38. The van der Waals surface area contributed by atoms with Gasteiger partial charge in [-0.2, -0.15) is 5.10 Å². The van der Waals surface area contributed by atoms with Crippen molar-refractivity contribution in [2.75, 3.05) is 7.05 Å². The Balaban J connectivity index is 2.02. The van der Waals surface area contributed by atoms with Gasteiger partial charge in [-0.15, -0.1) is 0 Å². The second-order valence-electron chi connectivity index (χ2n) is 4.26. The van der Waals surface area contributed by atoms with Crippen molar-refractivity contribution < 1.29 is 0 Å². The molecule has 2 rings (SSSR count). The van der Waals surface area contributed by atoms with Crippen molar-refractivity contribution in [1.82, 2.24) is 19.7 Å². The van der Waals surface area contributed by atoms with E-state index in [-0.39, 0.29) is 0 Å². The average molecular weight is 330 g/mol. The van der Waals surface area contributed by atoms with Crippen LogP contribution in [0.5, 0.6) is 0 Å². The maximum absolute atomic E-state index is 5.90. The summed E-state index contributed by atoms with van der Waals surface area (Å²) in [6, 6.07) is 3.69. The Morgan fingerprint density at radius 2 is 2.17 bits per heavy atom. The van der Waals surface area contributed by atoms with Crippen molar-refractivity contribution in [3.05, 3.63) is 45.4 Å². The predicted octanol–water partition coefficient (Wildman–Crippen LogP) is 2.86. The summed E-state index contributed by atoms with van der Waals surface area (Å²) in [5, 5.41) is 4.67. The molecule has 0 radical (unpaired) electrons. The number of nitrogens with zero attached hydrogens (tertiary/aromatic N) is 4. The van der Waals surface area contributed by atoms with Crippen LogP contribution in [0.1, 0.15) is 11.3 Å². The molecule has 6 heteroatoms. The van der Waals surface area contributed by atoms with Crippen LogP contribution in [-0.2, 0) is 20.1 Å². The first-order valence-corrected chi connectivity index (χ1v) is 6.68. The molecule has 2 aromatic rings. The second kappa shape index (κ2) is 5.82. The van der Waals surface area contributed by atoms with Crippen molar-refractivity contribution in [2.45, 2.75) is 13.1 Å². The number of hydrogen-bond donors (Lipinski definition) is 0. The molecule has 0 N–H and O–H groups in total. The van der Waals surface area contributed by atoms with E-state index in [0.717, 1.165) is 23.3 Å². The highest BCUT2D eigenvalue weighted by atomic mass is 79.9. The molecule has 0 amide bonds. The van der Waals surface area contributed by atoms with Crippen LogP contribution in [-0.4, -0.2) is 26.7 Å². The van der Waals surface area contributed by atoms with Gasteiger partial charge in [0.15, 0.2) is 0 Å². The Bertz CT molecular complexity index is 541. The zero-order chi connectivity index (χ0) is 13.1. The topological polar surface area (TPSA) is 34.0 Å². The summed E-state index contributed by atoms with van der Waals surface area (Å²) in [7, 11) is 3.96. The third-order valence-corrected chi connectivity index (χ3v) is 3.45. The molecule has 0 saturated heterocycles. The molecule has 0 aromatic carbocycles. The minimum Gasteiger partial charge on any atom is -0.296 e. The van der Waals surface area contributed by atoms with Crippen LogP contribution in [0.25, 0.3) is 0 Å². The zero-order valence-corrected chi connectivity index (χ0v) is 12.6. The maximum Gasteiger partial charge on any atom is 0.129 e. The highest BCUT2D eigenvalue weighted by Gasteiger charge is 2.08. The van der Waals surface area contributed by atoms with Gasteiger partial charge in [-0.1, -0.05) is 11.6 Å². The molecule has 0 fully saturated rings. The standard InChI is InChI=1S/C12H14BrClN4/c1-17(6-9-5-15-18(2)7-9)8-11-10(13)3-4-12(14)16-11/h3-5,7H,6,8H2,1-2H3. The maximum atomic E-state index is 5.90. The van der Waals surface area contributed by atoms with Crippen LogP contribution >= 0.6 is 27.5 Å².